The Morgan fingerprint density at radius 3 is 2.59 bits per heavy atom. The van der Waals surface area contributed by atoms with E-state index in [-0.39, 0.29) is 36.1 Å². The number of para-hydroxylation sites is 2. The molecule has 0 saturated carbocycles. The van der Waals surface area contributed by atoms with E-state index < -0.39 is 0 Å². The van der Waals surface area contributed by atoms with Crippen LogP contribution in [0.25, 0.3) is 0 Å². The summed E-state index contributed by atoms with van der Waals surface area (Å²) in [7, 11) is 0. The molecule has 1 aromatic rings. The standard InChI is InChI=1S/C20H27N3O4/c1-3-27-18-7-5-4-6-17(18)23-13-15(12-19(23)25)20(26)21-16-8-10-22(11-9-16)14(2)24/h4-7,15-16H,3,8-13H2,1-2H3,(H,21,26)/t15-/m1/s1. The molecule has 146 valence electrons. The second kappa shape index (κ2) is 8.41. The molecule has 3 amide bonds. The number of ether oxygens (including phenoxy) is 1. The zero-order chi connectivity index (χ0) is 19.4. The minimum atomic E-state index is -0.363. The quantitative estimate of drug-likeness (QED) is 0.850. The fourth-order valence-electron chi connectivity index (χ4n) is 3.73. The summed E-state index contributed by atoms with van der Waals surface area (Å²) in [6.45, 7) is 5.67. The predicted octanol–water partition coefficient (Wildman–Crippen LogP) is 1.57. The normalized spacial score (nSPS) is 20.7. The number of benzene rings is 1. The van der Waals surface area contributed by atoms with Gasteiger partial charge in [0.05, 0.1) is 18.2 Å². The van der Waals surface area contributed by atoms with Crippen molar-refractivity contribution >= 4 is 23.4 Å². The number of nitrogens with zero attached hydrogens (tertiary/aromatic N) is 2. The van der Waals surface area contributed by atoms with E-state index in [2.05, 4.69) is 5.32 Å². The average molecular weight is 373 g/mol. The van der Waals surface area contributed by atoms with Gasteiger partial charge in [-0.15, -0.1) is 0 Å². The highest BCUT2D eigenvalue weighted by atomic mass is 16.5. The molecule has 7 nitrogen and oxygen atoms in total. The Balaban J connectivity index is 1.59. The minimum absolute atomic E-state index is 0.0614. The Bertz CT molecular complexity index is 713. The van der Waals surface area contributed by atoms with Gasteiger partial charge in [-0.25, -0.2) is 0 Å². The fraction of sp³-hybridized carbons (Fsp3) is 0.550. The van der Waals surface area contributed by atoms with E-state index in [1.54, 1.807) is 16.7 Å². The van der Waals surface area contributed by atoms with Crippen molar-refractivity contribution in [1.82, 2.24) is 10.2 Å². The second-order valence-electron chi connectivity index (χ2n) is 7.10. The lowest BCUT2D eigenvalue weighted by molar-refractivity contribution is -0.130. The van der Waals surface area contributed by atoms with Crippen molar-refractivity contribution < 1.29 is 19.1 Å². The number of carbonyl (C=O) groups excluding carboxylic acids is 3. The van der Waals surface area contributed by atoms with E-state index in [0.29, 0.717) is 32.0 Å². The molecule has 1 N–H and O–H groups in total. The number of amides is 3. The van der Waals surface area contributed by atoms with Crippen LogP contribution in [0.4, 0.5) is 5.69 Å². The Morgan fingerprint density at radius 2 is 1.93 bits per heavy atom. The van der Waals surface area contributed by atoms with Crippen LogP contribution < -0.4 is 15.0 Å². The molecule has 0 unspecified atom stereocenters. The number of likely N-dealkylation sites (tertiary alicyclic amines) is 1. The van der Waals surface area contributed by atoms with Crippen LogP contribution in [0.2, 0.25) is 0 Å². The summed E-state index contributed by atoms with van der Waals surface area (Å²) < 4.78 is 5.62. The van der Waals surface area contributed by atoms with E-state index in [0.717, 1.165) is 18.5 Å². The maximum atomic E-state index is 12.7. The van der Waals surface area contributed by atoms with Crippen LogP contribution in [-0.4, -0.2) is 54.9 Å². The van der Waals surface area contributed by atoms with Crippen molar-refractivity contribution in [3.8, 4) is 5.75 Å². The topological polar surface area (TPSA) is 79.0 Å². The van der Waals surface area contributed by atoms with Gasteiger partial charge in [-0.2, -0.15) is 0 Å². The molecule has 27 heavy (non-hydrogen) atoms. The van der Waals surface area contributed by atoms with Gasteiger partial charge in [0.1, 0.15) is 5.75 Å². The van der Waals surface area contributed by atoms with Crippen molar-refractivity contribution in [1.29, 1.82) is 0 Å². The molecule has 0 aliphatic carbocycles. The lowest BCUT2D eigenvalue weighted by atomic mass is 10.0. The van der Waals surface area contributed by atoms with Crippen LogP contribution in [0.3, 0.4) is 0 Å². The molecule has 0 radical (unpaired) electrons. The SMILES string of the molecule is CCOc1ccccc1N1C[C@H](C(=O)NC2CCN(C(C)=O)CC2)CC1=O. The minimum Gasteiger partial charge on any atom is -0.492 e. The molecule has 2 aliphatic rings. The summed E-state index contributed by atoms with van der Waals surface area (Å²) in [5, 5.41) is 3.07. The van der Waals surface area contributed by atoms with Gasteiger partial charge in [0.2, 0.25) is 17.7 Å². The van der Waals surface area contributed by atoms with Crippen molar-refractivity contribution in [3.05, 3.63) is 24.3 Å². The van der Waals surface area contributed by atoms with Crippen LogP contribution >= 0.6 is 0 Å². The van der Waals surface area contributed by atoms with Gasteiger partial charge in [0.15, 0.2) is 0 Å². The van der Waals surface area contributed by atoms with Gasteiger partial charge >= 0.3 is 0 Å². The molecule has 2 fully saturated rings. The molecule has 1 atom stereocenters. The predicted molar refractivity (Wildman–Crippen MR) is 101 cm³/mol. The molecule has 0 bridgehead atoms. The Morgan fingerprint density at radius 1 is 1.22 bits per heavy atom. The highest BCUT2D eigenvalue weighted by molar-refractivity contribution is 6.01. The number of rotatable bonds is 5. The first-order valence-electron chi connectivity index (χ1n) is 9.57. The summed E-state index contributed by atoms with van der Waals surface area (Å²) >= 11 is 0. The van der Waals surface area contributed by atoms with E-state index in [9.17, 15) is 14.4 Å². The summed E-state index contributed by atoms with van der Waals surface area (Å²) in [6, 6.07) is 7.48. The maximum Gasteiger partial charge on any atom is 0.227 e. The molecule has 7 heteroatoms. The average Bonchev–Trinajstić information content (AvgIpc) is 3.05. The van der Waals surface area contributed by atoms with Crippen LogP contribution in [-0.2, 0) is 14.4 Å². The largest absolute Gasteiger partial charge is 0.492 e. The molecule has 3 rings (SSSR count). The third-order valence-electron chi connectivity index (χ3n) is 5.24. The Hall–Kier alpha value is -2.57. The van der Waals surface area contributed by atoms with Crippen molar-refractivity contribution in [2.24, 2.45) is 5.92 Å². The van der Waals surface area contributed by atoms with Gasteiger partial charge in [0, 0.05) is 39.0 Å². The van der Waals surface area contributed by atoms with Crippen molar-refractivity contribution in [3.63, 3.8) is 0 Å². The van der Waals surface area contributed by atoms with E-state index in [1.165, 1.54) is 0 Å². The molecule has 2 heterocycles. The molecule has 1 aromatic carbocycles. The first kappa shape index (κ1) is 19.2. The first-order valence-corrected chi connectivity index (χ1v) is 9.57. The molecular formula is C20H27N3O4. The maximum absolute atomic E-state index is 12.7. The number of carbonyl (C=O) groups is 3. The summed E-state index contributed by atoms with van der Waals surface area (Å²) in [5.74, 6) is 0.225. The van der Waals surface area contributed by atoms with E-state index >= 15 is 0 Å². The summed E-state index contributed by atoms with van der Waals surface area (Å²) in [6.07, 6.45) is 1.71. The van der Waals surface area contributed by atoms with Gasteiger partial charge in [-0.05, 0) is 31.9 Å². The molecule has 0 aromatic heterocycles. The number of nitrogens with one attached hydrogen (secondary N) is 1. The van der Waals surface area contributed by atoms with Crippen LogP contribution in [0.1, 0.15) is 33.1 Å². The Kier molecular flexibility index (Phi) is 5.98. The number of anilines is 1. The van der Waals surface area contributed by atoms with Crippen molar-refractivity contribution in [2.75, 3.05) is 31.1 Å². The lowest BCUT2D eigenvalue weighted by Crippen LogP contribution is -2.47. The van der Waals surface area contributed by atoms with Crippen molar-refractivity contribution in [2.45, 2.75) is 39.2 Å². The Labute approximate surface area is 159 Å². The van der Waals surface area contributed by atoms with Gasteiger partial charge in [-0.1, -0.05) is 12.1 Å². The summed E-state index contributed by atoms with van der Waals surface area (Å²) in [4.78, 5) is 40.0. The summed E-state index contributed by atoms with van der Waals surface area (Å²) in [5.41, 5.74) is 0.717. The lowest BCUT2D eigenvalue weighted by Gasteiger charge is -2.32. The smallest absolute Gasteiger partial charge is 0.227 e. The molecule has 0 spiro atoms. The second-order valence-corrected chi connectivity index (χ2v) is 7.10. The van der Waals surface area contributed by atoms with E-state index in [4.69, 9.17) is 4.74 Å². The van der Waals surface area contributed by atoms with Gasteiger partial charge < -0.3 is 19.9 Å². The van der Waals surface area contributed by atoms with Crippen LogP contribution in [0.5, 0.6) is 5.75 Å². The zero-order valence-corrected chi connectivity index (χ0v) is 15.9. The molecule has 2 aliphatic heterocycles. The fourth-order valence-corrected chi connectivity index (χ4v) is 3.73. The van der Waals surface area contributed by atoms with Gasteiger partial charge in [-0.3, -0.25) is 14.4 Å². The highest BCUT2D eigenvalue weighted by Crippen LogP contribution is 2.33. The van der Waals surface area contributed by atoms with Crippen LogP contribution in [0.15, 0.2) is 24.3 Å². The van der Waals surface area contributed by atoms with Gasteiger partial charge in [0.25, 0.3) is 0 Å². The van der Waals surface area contributed by atoms with E-state index in [1.807, 2.05) is 31.2 Å². The first-order chi connectivity index (χ1) is 13.0. The third kappa shape index (κ3) is 4.40. The molecule has 2 saturated heterocycles. The third-order valence-corrected chi connectivity index (χ3v) is 5.24. The number of hydrogen-bond acceptors (Lipinski definition) is 4. The number of hydrogen-bond donors (Lipinski definition) is 1. The highest BCUT2D eigenvalue weighted by Gasteiger charge is 2.37. The zero-order valence-electron chi connectivity index (χ0n) is 15.9. The monoisotopic (exact) mass is 373 g/mol. The molecular weight excluding hydrogens is 346 g/mol. The van der Waals surface area contributed by atoms with Crippen LogP contribution in [0, 0.1) is 5.92 Å². The number of piperidine rings is 1.